The van der Waals surface area contributed by atoms with Crippen LogP contribution in [0, 0.1) is 5.82 Å². The summed E-state index contributed by atoms with van der Waals surface area (Å²) < 4.78 is 14.6. The van der Waals surface area contributed by atoms with Crippen LogP contribution in [0.15, 0.2) is 78.0 Å². The van der Waals surface area contributed by atoms with Gasteiger partial charge < -0.3 is 10.2 Å². The fraction of sp³-hybridized carbons (Fsp3) is 0.182. The molecule has 0 spiro atoms. The smallest absolute Gasteiger partial charge is 0.194 e. The van der Waals surface area contributed by atoms with E-state index in [4.69, 9.17) is 0 Å². The molecule has 1 aliphatic rings. The van der Waals surface area contributed by atoms with Crippen molar-refractivity contribution in [2.75, 3.05) is 13.6 Å². The third kappa shape index (κ3) is 3.82. The van der Waals surface area contributed by atoms with E-state index in [1.54, 1.807) is 18.5 Å². The summed E-state index contributed by atoms with van der Waals surface area (Å²) in [6, 6.07) is 19.5. The van der Waals surface area contributed by atoms with Gasteiger partial charge in [-0.15, -0.1) is 0 Å². The van der Waals surface area contributed by atoms with Crippen molar-refractivity contribution in [2.24, 2.45) is 4.99 Å². The number of nitrogens with one attached hydrogen (secondary N) is 1. The molecular formula is C22H21FN4. The number of nitrogens with zero attached hydrogens (tertiary/aromatic N) is 3. The van der Waals surface area contributed by atoms with Crippen molar-refractivity contribution in [1.82, 2.24) is 15.2 Å². The summed E-state index contributed by atoms with van der Waals surface area (Å²) in [5.41, 5.74) is 3.46. The van der Waals surface area contributed by atoms with Gasteiger partial charge in [0.05, 0.1) is 12.6 Å². The SMILES string of the molecule is CN(Cc1ccc(-c2cccnc2)c(F)c1)C1=NCC(c2ccccc2)N1. The molecule has 5 heteroatoms. The maximum Gasteiger partial charge on any atom is 0.194 e. The van der Waals surface area contributed by atoms with Crippen LogP contribution in [0.25, 0.3) is 11.1 Å². The van der Waals surface area contributed by atoms with Crippen LogP contribution >= 0.6 is 0 Å². The Balaban J connectivity index is 1.43. The van der Waals surface area contributed by atoms with Gasteiger partial charge in [-0.3, -0.25) is 9.98 Å². The molecule has 0 bridgehead atoms. The van der Waals surface area contributed by atoms with Gasteiger partial charge in [0.25, 0.3) is 0 Å². The third-order valence-corrected chi connectivity index (χ3v) is 4.72. The first kappa shape index (κ1) is 17.2. The fourth-order valence-corrected chi connectivity index (χ4v) is 3.29. The molecule has 0 aliphatic carbocycles. The second kappa shape index (κ2) is 7.58. The Kier molecular flexibility index (Phi) is 4.83. The van der Waals surface area contributed by atoms with E-state index in [-0.39, 0.29) is 11.9 Å². The van der Waals surface area contributed by atoms with E-state index in [2.05, 4.69) is 27.4 Å². The molecule has 4 rings (SSSR count). The Morgan fingerprint density at radius 3 is 2.70 bits per heavy atom. The summed E-state index contributed by atoms with van der Waals surface area (Å²) in [5.74, 6) is 0.595. The van der Waals surface area contributed by atoms with Gasteiger partial charge >= 0.3 is 0 Å². The molecule has 1 unspecified atom stereocenters. The Bertz CT molecular complexity index is 941. The summed E-state index contributed by atoms with van der Waals surface area (Å²) in [7, 11) is 1.96. The summed E-state index contributed by atoms with van der Waals surface area (Å²) >= 11 is 0. The maximum atomic E-state index is 14.6. The predicted molar refractivity (Wildman–Crippen MR) is 106 cm³/mol. The topological polar surface area (TPSA) is 40.5 Å². The summed E-state index contributed by atoms with van der Waals surface area (Å²) in [5, 5.41) is 3.45. The first-order valence-electron chi connectivity index (χ1n) is 8.96. The highest BCUT2D eigenvalue weighted by molar-refractivity contribution is 5.82. The molecule has 0 saturated carbocycles. The number of guanidine groups is 1. The highest BCUT2D eigenvalue weighted by Crippen LogP contribution is 2.24. The zero-order chi connectivity index (χ0) is 18.6. The van der Waals surface area contributed by atoms with Crippen LogP contribution < -0.4 is 5.32 Å². The van der Waals surface area contributed by atoms with Gasteiger partial charge in [0.15, 0.2) is 5.96 Å². The van der Waals surface area contributed by atoms with E-state index in [0.717, 1.165) is 17.1 Å². The second-order valence-corrected chi connectivity index (χ2v) is 6.68. The van der Waals surface area contributed by atoms with E-state index in [9.17, 15) is 4.39 Å². The van der Waals surface area contributed by atoms with Gasteiger partial charge in [0.1, 0.15) is 5.82 Å². The molecule has 2 aromatic carbocycles. The lowest BCUT2D eigenvalue weighted by Crippen LogP contribution is -2.36. The molecule has 2 heterocycles. The molecule has 1 aliphatic heterocycles. The molecule has 1 aromatic heterocycles. The molecule has 0 fully saturated rings. The lowest BCUT2D eigenvalue weighted by molar-refractivity contribution is 0.478. The van der Waals surface area contributed by atoms with Crippen LogP contribution in [0.3, 0.4) is 0 Å². The minimum Gasteiger partial charge on any atom is -0.348 e. The maximum absolute atomic E-state index is 14.6. The number of aromatic nitrogens is 1. The summed E-state index contributed by atoms with van der Waals surface area (Å²) in [6.07, 6.45) is 3.36. The van der Waals surface area contributed by atoms with Crippen LogP contribution in [0.5, 0.6) is 0 Å². The molecule has 0 amide bonds. The number of aliphatic imine (C=N–C) groups is 1. The van der Waals surface area contributed by atoms with Crippen LogP contribution in [0.2, 0.25) is 0 Å². The van der Waals surface area contributed by atoms with Gasteiger partial charge in [0, 0.05) is 37.1 Å². The lowest BCUT2D eigenvalue weighted by Gasteiger charge is -2.21. The Morgan fingerprint density at radius 1 is 1.11 bits per heavy atom. The number of hydrogen-bond acceptors (Lipinski definition) is 4. The van der Waals surface area contributed by atoms with Crippen molar-refractivity contribution >= 4 is 5.96 Å². The standard InChI is InChI=1S/C22H21FN4/c1-27(22-25-14-21(26-22)17-6-3-2-4-7-17)15-16-9-10-19(20(23)12-16)18-8-5-11-24-13-18/h2-13,21H,14-15H2,1H3,(H,25,26). The normalized spacial score (nSPS) is 15.9. The average Bonchev–Trinajstić information content (AvgIpc) is 3.20. The van der Waals surface area contributed by atoms with Crippen molar-refractivity contribution in [3.05, 3.63) is 90.0 Å². The largest absolute Gasteiger partial charge is 0.348 e. The molecule has 0 saturated heterocycles. The van der Waals surface area contributed by atoms with Gasteiger partial charge in [-0.1, -0.05) is 48.5 Å². The Morgan fingerprint density at radius 2 is 1.96 bits per heavy atom. The number of benzene rings is 2. The van der Waals surface area contributed by atoms with Crippen LogP contribution in [0.1, 0.15) is 17.2 Å². The molecular weight excluding hydrogens is 339 g/mol. The lowest BCUT2D eigenvalue weighted by atomic mass is 10.0. The molecule has 1 atom stereocenters. The van der Waals surface area contributed by atoms with Crippen molar-refractivity contribution in [1.29, 1.82) is 0 Å². The van der Waals surface area contributed by atoms with E-state index in [0.29, 0.717) is 18.7 Å². The Hall–Kier alpha value is -3.21. The van der Waals surface area contributed by atoms with Gasteiger partial charge in [-0.05, 0) is 23.3 Å². The zero-order valence-electron chi connectivity index (χ0n) is 15.1. The van der Waals surface area contributed by atoms with E-state index >= 15 is 0 Å². The van der Waals surface area contributed by atoms with E-state index < -0.39 is 0 Å². The van der Waals surface area contributed by atoms with E-state index in [1.807, 2.05) is 54.4 Å². The minimum absolute atomic E-state index is 0.188. The van der Waals surface area contributed by atoms with Gasteiger partial charge in [-0.2, -0.15) is 0 Å². The molecule has 4 nitrogen and oxygen atoms in total. The third-order valence-electron chi connectivity index (χ3n) is 4.72. The first-order chi connectivity index (χ1) is 13.2. The quantitative estimate of drug-likeness (QED) is 0.764. The molecule has 1 N–H and O–H groups in total. The highest BCUT2D eigenvalue weighted by Gasteiger charge is 2.21. The van der Waals surface area contributed by atoms with Crippen molar-refractivity contribution in [2.45, 2.75) is 12.6 Å². The van der Waals surface area contributed by atoms with Crippen LogP contribution in [0.4, 0.5) is 4.39 Å². The van der Waals surface area contributed by atoms with Crippen LogP contribution in [-0.4, -0.2) is 29.4 Å². The average molecular weight is 360 g/mol. The van der Waals surface area contributed by atoms with Crippen molar-refractivity contribution in [3.63, 3.8) is 0 Å². The van der Waals surface area contributed by atoms with Gasteiger partial charge in [0.2, 0.25) is 0 Å². The highest BCUT2D eigenvalue weighted by atomic mass is 19.1. The van der Waals surface area contributed by atoms with Gasteiger partial charge in [-0.25, -0.2) is 4.39 Å². The molecule has 3 aromatic rings. The monoisotopic (exact) mass is 360 g/mol. The fourth-order valence-electron chi connectivity index (χ4n) is 3.29. The minimum atomic E-state index is -0.239. The number of hydrogen-bond donors (Lipinski definition) is 1. The predicted octanol–water partition coefficient (Wildman–Crippen LogP) is 4.02. The van der Waals surface area contributed by atoms with Crippen molar-refractivity contribution in [3.8, 4) is 11.1 Å². The molecule has 0 radical (unpaired) electrons. The van der Waals surface area contributed by atoms with Crippen molar-refractivity contribution < 1.29 is 4.39 Å². The zero-order valence-corrected chi connectivity index (χ0v) is 15.1. The summed E-state index contributed by atoms with van der Waals surface area (Å²) in [6.45, 7) is 1.29. The molecule has 27 heavy (non-hydrogen) atoms. The number of rotatable bonds is 4. The molecule has 136 valence electrons. The van der Waals surface area contributed by atoms with Crippen LogP contribution in [-0.2, 0) is 6.54 Å². The number of pyridine rings is 1. The number of halogens is 1. The Labute approximate surface area is 158 Å². The van der Waals surface area contributed by atoms with E-state index in [1.165, 1.54) is 5.56 Å². The first-order valence-corrected chi connectivity index (χ1v) is 8.96. The second-order valence-electron chi connectivity index (χ2n) is 6.68. The summed E-state index contributed by atoms with van der Waals surface area (Å²) in [4.78, 5) is 10.7.